The van der Waals surface area contributed by atoms with Crippen LogP contribution in [0, 0.1) is 52.3 Å². The van der Waals surface area contributed by atoms with E-state index in [1.54, 1.807) is 5.57 Å². The van der Waals surface area contributed by atoms with Gasteiger partial charge in [-0.3, -0.25) is 9.59 Å². The SMILES string of the molecule is CC[C@H](CC[C@@H](C)C1CCC2C3CC=C4CC(OC(=O)CCCC(=O)N(CCCCNCCC(C)N)CCC(C)N)CCC4(C)C3CCC21C)C(C)C.Cl.Cl.Cl. The number of amides is 1. The van der Waals surface area contributed by atoms with E-state index in [0.29, 0.717) is 31.2 Å². The number of carbonyl (C=O) groups excluding carboxylic acids is 2. The molecule has 11 atom stereocenters. The van der Waals surface area contributed by atoms with Gasteiger partial charge in [-0.25, -0.2) is 0 Å². The Kier molecular flexibility index (Phi) is 24.1. The molecule has 0 spiro atoms. The molecule has 0 aromatic carbocycles. The summed E-state index contributed by atoms with van der Waals surface area (Å²) in [6.45, 7) is 22.3. The molecule has 4 rings (SSSR count). The van der Waals surface area contributed by atoms with E-state index in [1.165, 1.54) is 51.4 Å². The summed E-state index contributed by atoms with van der Waals surface area (Å²) in [4.78, 5) is 28.2. The lowest BCUT2D eigenvalue weighted by atomic mass is 9.47. The molecule has 7 nitrogen and oxygen atoms in total. The highest BCUT2D eigenvalue weighted by molar-refractivity contribution is 5.86. The fourth-order valence-electron chi connectivity index (χ4n) is 11.9. The van der Waals surface area contributed by atoms with Gasteiger partial charge < -0.3 is 26.4 Å². The Morgan fingerprint density at radius 2 is 1.55 bits per heavy atom. The third-order valence-corrected chi connectivity index (χ3v) is 15.4. The van der Waals surface area contributed by atoms with Gasteiger partial charge in [0.15, 0.2) is 0 Å². The number of nitrogens with two attached hydrogens (primary N) is 2. The normalized spacial score (nSPS) is 30.1. The molecular formula is C46H87Cl3N4O3. The minimum atomic E-state index is -0.140. The molecule has 0 aromatic heterocycles. The van der Waals surface area contributed by atoms with E-state index in [0.717, 1.165) is 106 Å². The Morgan fingerprint density at radius 1 is 0.839 bits per heavy atom. The molecule has 56 heavy (non-hydrogen) atoms. The number of nitrogens with one attached hydrogen (secondary N) is 1. The van der Waals surface area contributed by atoms with E-state index in [2.05, 4.69) is 52.9 Å². The number of ether oxygens (including phenoxy) is 1. The zero-order chi connectivity index (χ0) is 38.8. The molecule has 9 unspecified atom stereocenters. The number of hydrogen-bond acceptors (Lipinski definition) is 6. The van der Waals surface area contributed by atoms with Crippen molar-refractivity contribution in [2.75, 3.05) is 26.2 Å². The summed E-state index contributed by atoms with van der Waals surface area (Å²) in [7, 11) is 0. The molecule has 4 aliphatic rings. The quantitative estimate of drug-likeness (QED) is 0.0568. The third-order valence-electron chi connectivity index (χ3n) is 15.4. The molecule has 0 aromatic rings. The van der Waals surface area contributed by atoms with Crippen molar-refractivity contribution in [2.24, 2.45) is 63.7 Å². The number of hydrogen-bond donors (Lipinski definition) is 3. The van der Waals surface area contributed by atoms with Crippen LogP contribution in [0.1, 0.15) is 171 Å². The molecule has 4 aliphatic carbocycles. The number of allylic oxidation sites excluding steroid dienone is 1. The van der Waals surface area contributed by atoms with E-state index >= 15 is 0 Å². The molecule has 10 heteroatoms. The first-order valence-electron chi connectivity index (χ1n) is 22.6. The molecule has 1 amide bonds. The number of halogens is 3. The Hall–Kier alpha value is -0.570. The Bertz CT molecular complexity index is 1190. The van der Waals surface area contributed by atoms with E-state index in [9.17, 15) is 9.59 Å². The number of fused-ring (bicyclic) bond motifs is 5. The summed E-state index contributed by atoms with van der Waals surface area (Å²) >= 11 is 0. The van der Waals surface area contributed by atoms with Crippen molar-refractivity contribution in [1.29, 1.82) is 0 Å². The molecule has 0 bridgehead atoms. The van der Waals surface area contributed by atoms with Gasteiger partial charge in [0, 0.05) is 44.4 Å². The van der Waals surface area contributed by atoms with Gasteiger partial charge in [-0.05, 0) is 163 Å². The van der Waals surface area contributed by atoms with E-state index in [4.69, 9.17) is 16.2 Å². The van der Waals surface area contributed by atoms with Gasteiger partial charge in [0.1, 0.15) is 6.10 Å². The lowest BCUT2D eigenvalue weighted by Crippen LogP contribution is -2.51. The Balaban J connectivity index is 0.00000523. The van der Waals surface area contributed by atoms with Crippen LogP contribution in [0.5, 0.6) is 0 Å². The summed E-state index contributed by atoms with van der Waals surface area (Å²) in [5, 5.41) is 3.45. The standard InChI is InChI=1S/C46H84N4O3.3ClH/c1-9-36(32(2)3)16-15-33(4)40-19-20-41-39-18-17-37-31-38(21-25-45(37,7)42(39)22-26-46(40,41)8)53-44(52)14-12-13-43(51)50(30-24-35(6)48)29-11-10-27-49-28-23-34(5)47;;;/h17,32-36,38-42,49H,9-16,18-31,47-48H2,1-8H3;3*1H/t33-,34?,35?,36-,38?,39?,40?,41?,42?,45?,46?;;;/m1.../s1. The first kappa shape index (κ1) is 53.4. The molecule has 5 N–H and O–H groups in total. The highest BCUT2D eigenvalue weighted by Gasteiger charge is 2.59. The second-order valence-corrected chi connectivity index (χ2v) is 19.5. The molecule has 3 saturated carbocycles. The maximum atomic E-state index is 13.2. The van der Waals surface area contributed by atoms with Crippen LogP contribution >= 0.6 is 37.2 Å². The molecule has 3 fully saturated rings. The maximum absolute atomic E-state index is 13.2. The van der Waals surface area contributed by atoms with Crippen molar-refractivity contribution in [3.63, 3.8) is 0 Å². The molecular weight excluding hydrogens is 763 g/mol. The average molecular weight is 851 g/mol. The van der Waals surface area contributed by atoms with Crippen LogP contribution in [0.4, 0.5) is 0 Å². The molecule has 0 heterocycles. The summed E-state index contributed by atoms with van der Waals surface area (Å²) < 4.78 is 6.12. The van der Waals surface area contributed by atoms with Gasteiger partial charge in [0.05, 0.1) is 0 Å². The van der Waals surface area contributed by atoms with Gasteiger partial charge in [-0.15, -0.1) is 37.2 Å². The van der Waals surface area contributed by atoms with Crippen LogP contribution in [0.3, 0.4) is 0 Å². The van der Waals surface area contributed by atoms with Gasteiger partial charge in [-0.2, -0.15) is 0 Å². The molecule has 0 aliphatic heterocycles. The minimum Gasteiger partial charge on any atom is -0.462 e. The lowest BCUT2D eigenvalue weighted by Gasteiger charge is -2.58. The first-order valence-corrected chi connectivity index (χ1v) is 22.6. The van der Waals surface area contributed by atoms with Gasteiger partial charge >= 0.3 is 5.97 Å². The van der Waals surface area contributed by atoms with Gasteiger partial charge in [0.25, 0.3) is 0 Å². The number of unbranched alkanes of at least 4 members (excludes halogenated alkanes) is 1. The first-order chi connectivity index (χ1) is 25.2. The summed E-state index contributed by atoms with van der Waals surface area (Å²) in [6, 6.07) is 0.274. The van der Waals surface area contributed by atoms with Crippen LogP contribution in [0.2, 0.25) is 0 Å². The second-order valence-electron chi connectivity index (χ2n) is 19.5. The number of rotatable bonds is 22. The second kappa shape index (κ2) is 25.3. The van der Waals surface area contributed by atoms with Crippen molar-refractivity contribution in [3.8, 4) is 0 Å². The van der Waals surface area contributed by atoms with Crippen molar-refractivity contribution >= 4 is 49.1 Å². The number of nitrogens with zero attached hydrogens (tertiary/aromatic N) is 1. The molecule has 0 saturated heterocycles. The average Bonchev–Trinajstić information content (AvgIpc) is 3.46. The van der Waals surface area contributed by atoms with Gasteiger partial charge in [-0.1, -0.05) is 66.0 Å². The largest absolute Gasteiger partial charge is 0.462 e. The Morgan fingerprint density at radius 3 is 2.21 bits per heavy atom. The number of carbonyl (C=O) groups is 2. The zero-order valence-corrected chi connectivity index (χ0v) is 39.4. The van der Waals surface area contributed by atoms with Crippen LogP contribution < -0.4 is 16.8 Å². The third kappa shape index (κ3) is 14.3. The van der Waals surface area contributed by atoms with Crippen molar-refractivity contribution in [2.45, 2.75) is 189 Å². The predicted molar refractivity (Wildman–Crippen MR) is 243 cm³/mol. The maximum Gasteiger partial charge on any atom is 0.306 e. The highest BCUT2D eigenvalue weighted by Crippen LogP contribution is 2.67. The van der Waals surface area contributed by atoms with Crippen LogP contribution in [-0.4, -0.2) is 61.1 Å². The smallest absolute Gasteiger partial charge is 0.306 e. The summed E-state index contributed by atoms with van der Waals surface area (Å²) in [5.74, 6) is 5.79. The zero-order valence-electron chi connectivity index (χ0n) is 37.0. The summed E-state index contributed by atoms with van der Waals surface area (Å²) in [6.07, 6.45) is 21.5. The van der Waals surface area contributed by atoms with Crippen molar-refractivity contribution in [3.05, 3.63) is 11.6 Å². The van der Waals surface area contributed by atoms with Crippen molar-refractivity contribution in [1.82, 2.24) is 10.2 Å². The topological polar surface area (TPSA) is 111 Å². The molecule has 330 valence electrons. The van der Waals surface area contributed by atoms with Crippen LogP contribution in [0.15, 0.2) is 11.6 Å². The van der Waals surface area contributed by atoms with Crippen molar-refractivity contribution < 1.29 is 14.3 Å². The lowest BCUT2D eigenvalue weighted by molar-refractivity contribution is -0.151. The molecule has 0 radical (unpaired) electrons. The van der Waals surface area contributed by atoms with Crippen LogP contribution in [-0.2, 0) is 14.3 Å². The fraction of sp³-hybridized carbons (Fsp3) is 0.913. The summed E-state index contributed by atoms with van der Waals surface area (Å²) in [5.41, 5.74) is 14.2. The Labute approximate surface area is 362 Å². The van der Waals surface area contributed by atoms with E-state index in [-0.39, 0.29) is 72.7 Å². The van der Waals surface area contributed by atoms with E-state index < -0.39 is 0 Å². The van der Waals surface area contributed by atoms with Gasteiger partial charge in [0.2, 0.25) is 5.91 Å². The monoisotopic (exact) mass is 849 g/mol. The predicted octanol–water partition coefficient (Wildman–Crippen LogP) is 10.7. The van der Waals surface area contributed by atoms with E-state index in [1.807, 2.05) is 18.7 Å². The highest BCUT2D eigenvalue weighted by atomic mass is 35.5. The van der Waals surface area contributed by atoms with Crippen LogP contribution in [0.25, 0.3) is 0 Å². The fourth-order valence-corrected chi connectivity index (χ4v) is 11.9. The minimum absolute atomic E-state index is 0. The number of esters is 1.